The van der Waals surface area contributed by atoms with E-state index in [4.69, 9.17) is 9.15 Å². The average Bonchev–Trinajstić information content (AvgIpc) is 2.76. The van der Waals surface area contributed by atoms with Gasteiger partial charge in [-0.3, -0.25) is 0 Å². The molecule has 1 N–H and O–H groups in total. The van der Waals surface area contributed by atoms with E-state index in [1.165, 1.54) is 0 Å². The van der Waals surface area contributed by atoms with Gasteiger partial charge in [0.25, 0.3) is 0 Å². The molecule has 0 atom stereocenters. The first kappa shape index (κ1) is 12.0. The number of ether oxygens (including phenoxy) is 1. The number of hydrogen-bond donors (Lipinski definition) is 1. The Morgan fingerprint density at radius 3 is 2.81 bits per heavy atom. The molecule has 0 unspecified atom stereocenters. The summed E-state index contributed by atoms with van der Waals surface area (Å²) in [6.07, 6.45) is 4.30. The molecule has 1 aromatic heterocycles. The summed E-state index contributed by atoms with van der Waals surface area (Å²) in [4.78, 5) is 0. The molecule has 0 saturated carbocycles. The Morgan fingerprint density at radius 2 is 2.06 bits per heavy atom. The maximum atomic E-state index is 5.70. The highest BCUT2D eigenvalue weighted by molar-refractivity contribution is 7.97. The van der Waals surface area contributed by atoms with E-state index in [1.54, 1.807) is 11.8 Å². The Kier molecular flexibility index (Phi) is 4.75. The van der Waals surface area contributed by atoms with Gasteiger partial charge >= 0.3 is 0 Å². The number of nitrogens with one attached hydrogen (secondary N) is 1. The highest BCUT2D eigenvalue weighted by atomic mass is 32.2. The smallest absolute Gasteiger partial charge is 0.118 e. The molecule has 0 radical (unpaired) electrons. The van der Waals surface area contributed by atoms with Gasteiger partial charge in [0.2, 0.25) is 0 Å². The Bertz CT molecular complexity index is 308. The van der Waals surface area contributed by atoms with Crippen molar-refractivity contribution in [3.63, 3.8) is 0 Å². The monoisotopic (exact) mass is 241 g/mol. The summed E-state index contributed by atoms with van der Waals surface area (Å²) in [6.45, 7) is 2.60. The molecular formula is C12H19NO2S. The Balaban J connectivity index is 1.75. The maximum Gasteiger partial charge on any atom is 0.118 e. The predicted octanol–water partition coefficient (Wildman–Crippen LogP) is 2.41. The average molecular weight is 241 g/mol. The zero-order valence-corrected chi connectivity index (χ0v) is 10.5. The molecular weight excluding hydrogens is 222 g/mol. The summed E-state index contributed by atoms with van der Waals surface area (Å²) >= 11 is 1.78. The minimum absolute atomic E-state index is 0.586. The van der Waals surface area contributed by atoms with Crippen LogP contribution in [-0.4, -0.2) is 25.5 Å². The van der Waals surface area contributed by atoms with Gasteiger partial charge in [0.1, 0.15) is 11.5 Å². The minimum Gasteiger partial charge on any atom is -0.464 e. The first-order valence-electron chi connectivity index (χ1n) is 5.76. The van der Waals surface area contributed by atoms with E-state index in [0.29, 0.717) is 6.04 Å². The molecule has 0 bridgehead atoms. The van der Waals surface area contributed by atoms with Gasteiger partial charge < -0.3 is 14.5 Å². The molecule has 1 saturated heterocycles. The van der Waals surface area contributed by atoms with Crippen LogP contribution in [0.4, 0.5) is 0 Å². The van der Waals surface area contributed by atoms with E-state index >= 15 is 0 Å². The second kappa shape index (κ2) is 6.33. The molecule has 4 heteroatoms. The molecule has 0 amide bonds. The van der Waals surface area contributed by atoms with Crippen LogP contribution in [0.15, 0.2) is 16.5 Å². The highest BCUT2D eigenvalue weighted by Crippen LogP contribution is 2.14. The van der Waals surface area contributed by atoms with Crippen LogP contribution in [0.1, 0.15) is 24.4 Å². The van der Waals surface area contributed by atoms with Crippen molar-refractivity contribution in [3.8, 4) is 0 Å². The van der Waals surface area contributed by atoms with E-state index in [-0.39, 0.29) is 0 Å². The van der Waals surface area contributed by atoms with E-state index in [1.807, 2.05) is 0 Å². The zero-order chi connectivity index (χ0) is 11.2. The van der Waals surface area contributed by atoms with Crippen LogP contribution < -0.4 is 5.32 Å². The Hall–Kier alpha value is -0.450. The van der Waals surface area contributed by atoms with Gasteiger partial charge in [-0.2, -0.15) is 11.8 Å². The lowest BCUT2D eigenvalue weighted by molar-refractivity contribution is 0.0771. The zero-order valence-electron chi connectivity index (χ0n) is 9.70. The normalized spacial score (nSPS) is 17.8. The largest absolute Gasteiger partial charge is 0.464 e. The van der Waals surface area contributed by atoms with Gasteiger partial charge in [0.05, 0.1) is 12.3 Å². The van der Waals surface area contributed by atoms with E-state index in [2.05, 4.69) is 23.7 Å². The van der Waals surface area contributed by atoms with Crippen molar-refractivity contribution in [1.29, 1.82) is 0 Å². The van der Waals surface area contributed by atoms with Gasteiger partial charge in [0, 0.05) is 19.3 Å². The molecule has 2 heterocycles. The molecule has 0 aromatic carbocycles. The number of furan rings is 1. The second-order valence-corrected chi connectivity index (χ2v) is 4.93. The molecule has 1 aromatic rings. The molecule has 1 aliphatic heterocycles. The lowest BCUT2D eigenvalue weighted by Crippen LogP contribution is -2.34. The van der Waals surface area contributed by atoms with Gasteiger partial charge in [-0.25, -0.2) is 0 Å². The van der Waals surface area contributed by atoms with Crippen LogP contribution in [0.5, 0.6) is 0 Å². The molecule has 16 heavy (non-hydrogen) atoms. The van der Waals surface area contributed by atoms with E-state index in [9.17, 15) is 0 Å². The van der Waals surface area contributed by atoms with Gasteiger partial charge in [-0.15, -0.1) is 0 Å². The molecule has 1 fully saturated rings. The van der Waals surface area contributed by atoms with Crippen LogP contribution in [-0.2, 0) is 17.0 Å². The van der Waals surface area contributed by atoms with E-state index < -0.39 is 0 Å². The van der Waals surface area contributed by atoms with Crippen LogP contribution in [0, 0.1) is 0 Å². The van der Waals surface area contributed by atoms with Crippen molar-refractivity contribution in [3.05, 3.63) is 23.7 Å². The molecule has 0 aliphatic carbocycles. The number of thioether (sulfide) groups is 1. The van der Waals surface area contributed by atoms with Crippen molar-refractivity contribution in [1.82, 2.24) is 5.32 Å². The minimum atomic E-state index is 0.586. The molecule has 2 rings (SSSR count). The quantitative estimate of drug-likeness (QED) is 0.858. The van der Waals surface area contributed by atoms with Crippen molar-refractivity contribution in [2.75, 3.05) is 19.5 Å². The fraction of sp³-hybridized carbons (Fsp3) is 0.667. The third-order valence-electron chi connectivity index (χ3n) is 2.79. The van der Waals surface area contributed by atoms with Crippen molar-refractivity contribution in [2.24, 2.45) is 0 Å². The van der Waals surface area contributed by atoms with Crippen molar-refractivity contribution in [2.45, 2.75) is 31.2 Å². The molecule has 1 aliphatic rings. The lowest BCUT2D eigenvalue weighted by Gasteiger charge is -2.22. The van der Waals surface area contributed by atoms with Crippen LogP contribution in [0.25, 0.3) is 0 Å². The second-order valence-electron chi connectivity index (χ2n) is 4.07. The lowest BCUT2D eigenvalue weighted by atomic mass is 10.1. The standard InChI is InChI=1S/C12H19NO2S/c1-16-9-12-3-2-11(15-12)8-13-10-4-6-14-7-5-10/h2-3,10,13H,4-9H2,1H3. The number of rotatable bonds is 5. The fourth-order valence-electron chi connectivity index (χ4n) is 1.88. The Morgan fingerprint density at radius 1 is 1.31 bits per heavy atom. The van der Waals surface area contributed by atoms with Crippen LogP contribution in [0.2, 0.25) is 0 Å². The third kappa shape index (κ3) is 3.54. The van der Waals surface area contributed by atoms with Gasteiger partial charge in [-0.1, -0.05) is 0 Å². The fourth-order valence-corrected chi connectivity index (χ4v) is 2.32. The van der Waals surface area contributed by atoms with Crippen molar-refractivity contribution >= 4 is 11.8 Å². The summed E-state index contributed by atoms with van der Waals surface area (Å²) < 4.78 is 11.0. The highest BCUT2D eigenvalue weighted by Gasteiger charge is 2.13. The SMILES string of the molecule is CSCc1ccc(CNC2CCOCC2)o1. The van der Waals surface area contributed by atoms with Crippen LogP contribution in [0.3, 0.4) is 0 Å². The topological polar surface area (TPSA) is 34.4 Å². The first-order chi connectivity index (χ1) is 7.88. The number of hydrogen-bond acceptors (Lipinski definition) is 4. The van der Waals surface area contributed by atoms with Crippen LogP contribution >= 0.6 is 11.8 Å². The summed E-state index contributed by atoms with van der Waals surface area (Å²) in [5.74, 6) is 3.06. The van der Waals surface area contributed by atoms with E-state index in [0.717, 1.165) is 49.9 Å². The molecule has 0 spiro atoms. The predicted molar refractivity (Wildman–Crippen MR) is 66.6 cm³/mol. The van der Waals surface area contributed by atoms with Gasteiger partial charge in [-0.05, 0) is 31.2 Å². The maximum absolute atomic E-state index is 5.70. The first-order valence-corrected chi connectivity index (χ1v) is 7.15. The van der Waals surface area contributed by atoms with Gasteiger partial charge in [0.15, 0.2) is 0 Å². The van der Waals surface area contributed by atoms with Crippen molar-refractivity contribution < 1.29 is 9.15 Å². The molecule has 90 valence electrons. The summed E-state index contributed by atoms with van der Waals surface area (Å²) in [6, 6.07) is 4.72. The third-order valence-corrected chi connectivity index (χ3v) is 3.36. The summed E-state index contributed by atoms with van der Waals surface area (Å²) in [7, 11) is 0. The summed E-state index contributed by atoms with van der Waals surface area (Å²) in [5, 5.41) is 3.51. The Labute approximate surface area is 101 Å². The molecule has 3 nitrogen and oxygen atoms in total. The summed E-state index contributed by atoms with van der Waals surface area (Å²) in [5.41, 5.74) is 0.